The zero-order valence-corrected chi connectivity index (χ0v) is 11.5. The first-order valence-electron chi connectivity index (χ1n) is 7.02. The molecule has 2 heterocycles. The molecule has 2 aliphatic heterocycles. The average molecular weight is 274 g/mol. The summed E-state index contributed by atoms with van der Waals surface area (Å²) in [6.45, 7) is 1.56. The van der Waals surface area contributed by atoms with Crippen molar-refractivity contribution >= 4 is 17.4 Å². The molecular formula is C17H14N4. The molecule has 2 aromatic carbocycles. The molecule has 0 spiro atoms. The van der Waals surface area contributed by atoms with Crippen molar-refractivity contribution in [2.45, 2.75) is 0 Å². The summed E-state index contributed by atoms with van der Waals surface area (Å²) < 4.78 is 0. The maximum absolute atomic E-state index is 4.76. The summed E-state index contributed by atoms with van der Waals surface area (Å²) in [5, 5.41) is 6.64. The highest BCUT2D eigenvalue weighted by atomic mass is 15.5. The van der Waals surface area contributed by atoms with Crippen LogP contribution in [0.5, 0.6) is 0 Å². The number of fused-ring (bicyclic) bond motifs is 1. The van der Waals surface area contributed by atoms with Crippen LogP contribution >= 0.6 is 0 Å². The molecule has 0 unspecified atom stereocenters. The van der Waals surface area contributed by atoms with E-state index in [1.807, 2.05) is 41.4 Å². The number of benzene rings is 2. The van der Waals surface area contributed by atoms with Gasteiger partial charge in [0, 0.05) is 11.1 Å². The van der Waals surface area contributed by atoms with Crippen LogP contribution in [-0.2, 0) is 0 Å². The fourth-order valence-corrected chi connectivity index (χ4v) is 2.52. The van der Waals surface area contributed by atoms with E-state index in [4.69, 9.17) is 10.1 Å². The lowest BCUT2D eigenvalue weighted by Crippen LogP contribution is -2.33. The first-order chi connectivity index (χ1) is 10.4. The Balaban J connectivity index is 1.86. The minimum Gasteiger partial charge on any atom is -0.248 e. The highest BCUT2D eigenvalue weighted by Crippen LogP contribution is 2.18. The zero-order valence-electron chi connectivity index (χ0n) is 11.5. The van der Waals surface area contributed by atoms with E-state index < -0.39 is 0 Å². The highest BCUT2D eigenvalue weighted by Gasteiger charge is 2.26. The van der Waals surface area contributed by atoms with E-state index >= 15 is 0 Å². The van der Waals surface area contributed by atoms with Gasteiger partial charge in [-0.2, -0.15) is 5.10 Å². The standard InChI is InChI=1S/C17H14N4/c1-3-7-13(8-4-1)15-16(14-9-5-2-6-10-14)20-21-12-11-18-17(21)19-15/h1-10H,11-12H2. The summed E-state index contributed by atoms with van der Waals surface area (Å²) in [7, 11) is 0. The van der Waals surface area contributed by atoms with Crippen LogP contribution in [0.25, 0.3) is 0 Å². The van der Waals surface area contributed by atoms with E-state index in [1.165, 1.54) is 0 Å². The van der Waals surface area contributed by atoms with Gasteiger partial charge in [-0.25, -0.2) is 15.0 Å². The predicted octanol–water partition coefficient (Wildman–Crippen LogP) is 2.57. The Labute approximate surface area is 123 Å². The van der Waals surface area contributed by atoms with Crippen LogP contribution < -0.4 is 0 Å². The monoisotopic (exact) mass is 274 g/mol. The van der Waals surface area contributed by atoms with Crippen molar-refractivity contribution in [3.05, 3.63) is 71.8 Å². The van der Waals surface area contributed by atoms with E-state index in [9.17, 15) is 0 Å². The van der Waals surface area contributed by atoms with Gasteiger partial charge >= 0.3 is 0 Å². The molecule has 0 atom stereocenters. The van der Waals surface area contributed by atoms with Crippen LogP contribution in [0.15, 0.2) is 75.7 Å². The quantitative estimate of drug-likeness (QED) is 0.829. The minimum absolute atomic E-state index is 0.716. The Bertz CT molecular complexity index is 745. The van der Waals surface area contributed by atoms with Crippen molar-refractivity contribution in [1.82, 2.24) is 5.01 Å². The number of guanidine groups is 1. The summed E-state index contributed by atoms with van der Waals surface area (Å²) in [6.07, 6.45) is 0. The average Bonchev–Trinajstić information content (AvgIpc) is 3.03. The van der Waals surface area contributed by atoms with E-state index in [2.05, 4.69) is 29.3 Å². The molecule has 2 aromatic rings. The topological polar surface area (TPSA) is 40.3 Å². The summed E-state index contributed by atoms with van der Waals surface area (Å²) in [4.78, 5) is 9.14. The number of rotatable bonds is 2. The van der Waals surface area contributed by atoms with E-state index in [1.54, 1.807) is 0 Å². The highest BCUT2D eigenvalue weighted by molar-refractivity contribution is 6.55. The molecule has 0 saturated carbocycles. The zero-order chi connectivity index (χ0) is 14.1. The first kappa shape index (κ1) is 12.0. The molecule has 0 aromatic heterocycles. The molecule has 4 rings (SSSR count). The van der Waals surface area contributed by atoms with Gasteiger partial charge in [0.15, 0.2) is 0 Å². The van der Waals surface area contributed by atoms with Gasteiger partial charge in [0.1, 0.15) is 11.4 Å². The van der Waals surface area contributed by atoms with Gasteiger partial charge in [0.2, 0.25) is 5.96 Å². The fraction of sp³-hybridized carbons (Fsp3) is 0.118. The molecule has 0 fully saturated rings. The second-order valence-electron chi connectivity index (χ2n) is 4.95. The van der Waals surface area contributed by atoms with Crippen LogP contribution in [0.1, 0.15) is 11.1 Å². The maximum Gasteiger partial charge on any atom is 0.242 e. The number of hydrazone groups is 1. The number of hydrogen-bond donors (Lipinski definition) is 0. The second kappa shape index (κ2) is 4.98. The van der Waals surface area contributed by atoms with Crippen LogP contribution in [0, 0.1) is 0 Å². The number of nitrogens with zero attached hydrogens (tertiary/aromatic N) is 4. The van der Waals surface area contributed by atoms with Crippen molar-refractivity contribution in [3.8, 4) is 0 Å². The summed E-state index contributed by atoms with van der Waals surface area (Å²) >= 11 is 0. The molecule has 0 radical (unpaired) electrons. The number of hydrogen-bond acceptors (Lipinski definition) is 4. The third kappa shape index (κ3) is 2.14. The van der Waals surface area contributed by atoms with Crippen molar-refractivity contribution in [1.29, 1.82) is 0 Å². The molecule has 0 amide bonds. The third-order valence-electron chi connectivity index (χ3n) is 3.55. The van der Waals surface area contributed by atoms with Gasteiger partial charge in [-0.3, -0.25) is 0 Å². The van der Waals surface area contributed by atoms with E-state index in [-0.39, 0.29) is 0 Å². The summed E-state index contributed by atoms with van der Waals surface area (Å²) in [5.41, 5.74) is 3.93. The lowest BCUT2D eigenvalue weighted by Gasteiger charge is -2.21. The van der Waals surface area contributed by atoms with E-state index in [0.717, 1.165) is 35.6 Å². The van der Waals surface area contributed by atoms with Crippen LogP contribution in [0.4, 0.5) is 0 Å². The van der Waals surface area contributed by atoms with Crippen LogP contribution in [0.3, 0.4) is 0 Å². The molecule has 0 saturated heterocycles. The van der Waals surface area contributed by atoms with Crippen molar-refractivity contribution in [3.63, 3.8) is 0 Å². The smallest absolute Gasteiger partial charge is 0.242 e. The molecular weight excluding hydrogens is 260 g/mol. The largest absolute Gasteiger partial charge is 0.248 e. The molecule has 21 heavy (non-hydrogen) atoms. The summed E-state index contributed by atoms with van der Waals surface area (Å²) in [6, 6.07) is 20.3. The predicted molar refractivity (Wildman–Crippen MR) is 85.0 cm³/mol. The Hall–Kier alpha value is -2.75. The Morgan fingerprint density at radius 1 is 0.762 bits per heavy atom. The summed E-state index contributed by atoms with van der Waals surface area (Å²) in [5.74, 6) is 0.716. The maximum atomic E-state index is 4.76. The third-order valence-corrected chi connectivity index (χ3v) is 3.55. The Kier molecular flexibility index (Phi) is 2.85. The molecule has 0 aliphatic carbocycles. The van der Waals surface area contributed by atoms with Crippen molar-refractivity contribution in [2.75, 3.05) is 13.1 Å². The van der Waals surface area contributed by atoms with Gasteiger partial charge in [-0.05, 0) is 0 Å². The molecule has 0 N–H and O–H groups in total. The molecule has 102 valence electrons. The first-order valence-corrected chi connectivity index (χ1v) is 7.02. The Morgan fingerprint density at radius 2 is 1.38 bits per heavy atom. The second-order valence-corrected chi connectivity index (χ2v) is 4.95. The van der Waals surface area contributed by atoms with Gasteiger partial charge in [-0.15, -0.1) is 0 Å². The lowest BCUT2D eigenvalue weighted by molar-refractivity contribution is 0.483. The van der Waals surface area contributed by atoms with Crippen molar-refractivity contribution in [2.24, 2.45) is 15.1 Å². The van der Waals surface area contributed by atoms with Gasteiger partial charge in [0.25, 0.3) is 0 Å². The SMILES string of the molecule is c1ccc(C2=NC3=NCCN3N=C2c2ccccc2)cc1. The van der Waals surface area contributed by atoms with Crippen LogP contribution in [-0.4, -0.2) is 35.5 Å². The molecule has 4 nitrogen and oxygen atoms in total. The van der Waals surface area contributed by atoms with Gasteiger partial charge in [-0.1, -0.05) is 60.7 Å². The Morgan fingerprint density at radius 3 is 2.05 bits per heavy atom. The van der Waals surface area contributed by atoms with Crippen molar-refractivity contribution < 1.29 is 0 Å². The van der Waals surface area contributed by atoms with E-state index in [0.29, 0.717) is 5.96 Å². The normalized spacial score (nSPS) is 17.0. The molecule has 4 heteroatoms. The molecule has 2 aliphatic rings. The lowest BCUT2D eigenvalue weighted by atomic mass is 9.99. The fourth-order valence-electron chi connectivity index (χ4n) is 2.52. The molecule has 0 bridgehead atoms. The van der Waals surface area contributed by atoms with Crippen LogP contribution in [0.2, 0.25) is 0 Å². The van der Waals surface area contributed by atoms with Gasteiger partial charge < -0.3 is 0 Å². The van der Waals surface area contributed by atoms with Gasteiger partial charge in [0.05, 0.1) is 13.1 Å². The minimum atomic E-state index is 0.716. The number of aliphatic imine (C=N–C) groups is 2.